The monoisotopic (exact) mass is 438 g/mol. The summed E-state index contributed by atoms with van der Waals surface area (Å²) in [5, 5.41) is 1.31. The zero-order chi connectivity index (χ0) is 21.5. The summed E-state index contributed by atoms with van der Waals surface area (Å²) in [7, 11) is 0. The van der Waals surface area contributed by atoms with E-state index in [0.717, 1.165) is 17.5 Å². The van der Waals surface area contributed by atoms with Gasteiger partial charge in [-0.3, -0.25) is 4.79 Å². The second-order valence-electron chi connectivity index (χ2n) is 8.79. The van der Waals surface area contributed by atoms with Crippen molar-refractivity contribution >= 4 is 17.2 Å². The normalized spacial score (nSPS) is 17.2. The molecule has 160 valence electrons. The molecule has 2 aliphatic rings. The van der Waals surface area contributed by atoms with E-state index in [1.165, 1.54) is 46.0 Å². The van der Waals surface area contributed by atoms with Crippen LogP contribution in [0, 0.1) is 0 Å². The fraction of sp³-hybridized carbons (Fsp3) is 0.250. The quantitative estimate of drug-likeness (QED) is 0.380. The molecule has 2 aromatic heterocycles. The van der Waals surface area contributed by atoms with E-state index in [0.29, 0.717) is 13.0 Å². The molecule has 1 aliphatic carbocycles. The van der Waals surface area contributed by atoms with Gasteiger partial charge < -0.3 is 9.47 Å². The van der Waals surface area contributed by atoms with Gasteiger partial charge in [-0.1, -0.05) is 60.7 Å². The smallest absolute Gasteiger partial charge is 0.228 e. The maximum atomic E-state index is 13.9. The molecular formula is C28H26N2OS. The van der Waals surface area contributed by atoms with Gasteiger partial charge in [0.15, 0.2) is 0 Å². The average molecular weight is 439 g/mol. The van der Waals surface area contributed by atoms with Gasteiger partial charge in [0.25, 0.3) is 0 Å². The van der Waals surface area contributed by atoms with Crippen LogP contribution in [0.25, 0.3) is 5.00 Å². The molecule has 1 aliphatic heterocycles. The molecule has 1 atom stereocenters. The highest BCUT2D eigenvalue weighted by Crippen LogP contribution is 2.44. The Hall–Kier alpha value is -3.11. The van der Waals surface area contributed by atoms with E-state index in [1.807, 2.05) is 47.7 Å². The molecule has 4 heteroatoms. The first-order valence-corrected chi connectivity index (χ1v) is 12.3. The van der Waals surface area contributed by atoms with Crippen molar-refractivity contribution < 1.29 is 4.79 Å². The zero-order valence-corrected chi connectivity index (χ0v) is 18.9. The molecule has 0 N–H and O–H groups in total. The van der Waals surface area contributed by atoms with Crippen LogP contribution in [-0.2, 0) is 30.6 Å². The Labute approximate surface area is 192 Å². The van der Waals surface area contributed by atoms with Gasteiger partial charge in [-0.2, -0.15) is 0 Å². The van der Waals surface area contributed by atoms with Crippen molar-refractivity contribution in [2.75, 3.05) is 0 Å². The van der Waals surface area contributed by atoms with Crippen molar-refractivity contribution in [3.63, 3.8) is 0 Å². The Kier molecular flexibility index (Phi) is 4.95. The summed E-state index contributed by atoms with van der Waals surface area (Å²) in [6.07, 6.45) is 7.42. The molecule has 0 radical (unpaired) electrons. The van der Waals surface area contributed by atoms with Crippen LogP contribution in [0.3, 0.4) is 0 Å². The van der Waals surface area contributed by atoms with Crippen molar-refractivity contribution in [3.05, 3.63) is 112 Å². The van der Waals surface area contributed by atoms with E-state index in [4.69, 9.17) is 0 Å². The van der Waals surface area contributed by atoms with Gasteiger partial charge in [-0.05, 0) is 54.5 Å². The molecule has 3 nitrogen and oxygen atoms in total. The lowest BCUT2D eigenvalue weighted by Crippen LogP contribution is -2.36. The fourth-order valence-corrected chi connectivity index (χ4v) is 6.69. The van der Waals surface area contributed by atoms with Crippen molar-refractivity contribution in [2.45, 2.75) is 44.7 Å². The third-order valence-electron chi connectivity index (χ3n) is 6.81. The number of benzene rings is 2. The lowest BCUT2D eigenvalue weighted by atomic mass is 9.94. The maximum absolute atomic E-state index is 13.9. The number of carbonyl (C=O) groups excluding carboxylic acids is 1. The van der Waals surface area contributed by atoms with E-state index < -0.39 is 0 Å². The largest absolute Gasteiger partial charge is 0.325 e. The number of rotatable bonds is 3. The summed E-state index contributed by atoms with van der Waals surface area (Å²) in [6, 6.07) is 24.8. The second kappa shape index (κ2) is 8.10. The summed E-state index contributed by atoms with van der Waals surface area (Å²) in [5.74, 6) is 0.182. The van der Waals surface area contributed by atoms with Crippen LogP contribution >= 0.6 is 11.3 Å². The molecule has 0 unspecified atom stereocenters. The lowest BCUT2D eigenvalue weighted by molar-refractivity contribution is -0.132. The fourth-order valence-electron chi connectivity index (χ4n) is 5.29. The molecule has 4 aromatic rings. The standard InChI is InChI=1S/C28H26N2OS/c31-26(18-20-10-3-1-4-11-20)30-19-23-22-14-7-8-16-25(22)32-28(23)29-17-9-15-24(29)27(30)21-12-5-2-6-13-21/h1-6,9-13,15,17,27H,7-8,14,16,18-19H2/t27-/m1/s1. The van der Waals surface area contributed by atoms with Gasteiger partial charge in [-0.25, -0.2) is 0 Å². The van der Waals surface area contributed by atoms with Crippen molar-refractivity contribution in [3.8, 4) is 5.00 Å². The van der Waals surface area contributed by atoms with E-state index in [-0.39, 0.29) is 11.9 Å². The van der Waals surface area contributed by atoms with Gasteiger partial charge in [0.2, 0.25) is 5.91 Å². The number of fused-ring (bicyclic) bond motifs is 5. The van der Waals surface area contributed by atoms with E-state index in [2.05, 4.69) is 52.1 Å². The summed E-state index contributed by atoms with van der Waals surface area (Å²) >= 11 is 1.94. The molecule has 0 fully saturated rings. The van der Waals surface area contributed by atoms with Crippen LogP contribution < -0.4 is 0 Å². The Morgan fingerprint density at radius 3 is 2.44 bits per heavy atom. The van der Waals surface area contributed by atoms with Crippen LogP contribution in [0.15, 0.2) is 79.0 Å². The third-order valence-corrected chi connectivity index (χ3v) is 8.15. The molecule has 0 saturated heterocycles. The molecule has 3 heterocycles. The number of hydrogen-bond donors (Lipinski definition) is 0. The van der Waals surface area contributed by atoms with Gasteiger partial charge in [0.1, 0.15) is 5.00 Å². The molecule has 6 rings (SSSR count). The number of aromatic nitrogens is 1. The molecule has 0 spiro atoms. The summed E-state index contributed by atoms with van der Waals surface area (Å²) in [5.41, 5.74) is 6.27. The van der Waals surface area contributed by atoms with Crippen LogP contribution in [-0.4, -0.2) is 15.4 Å². The zero-order valence-electron chi connectivity index (χ0n) is 18.0. The minimum atomic E-state index is -0.0961. The number of thiophene rings is 1. The first-order chi connectivity index (χ1) is 15.8. The first kappa shape index (κ1) is 19.6. The molecule has 0 bridgehead atoms. The van der Waals surface area contributed by atoms with Gasteiger partial charge in [-0.15, -0.1) is 11.3 Å². The minimum Gasteiger partial charge on any atom is -0.325 e. The average Bonchev–Trinajstić information content (AvgIpc) is 3.42. The summed E-state index contributed by atoms with van der Waals surface area (Å²) in [4.78, 5) is 17.5. The van der Waals surface area contributed by atoms with Crippen LogP contribution in [0.1, 0.15) is 51.7 Å². The van der Waals surface area contributed by atoms with Gasteiger partial charge >= 0.3 is 0 Å². The highest BCUT2D eigenvalue weighted by molar-refractivity contribution is 7.15. The van der Waals surface area contributed by atoms with E-state index in [9.17, 15) is 4.79 Å². The predicted molar refractivity (Wildman–Crippen MR) is 129 cm³/mol. The number of aryl methyl sites for hydroxylation is 1. The highest BCUT2D eigenvalue weighted by atomic mass is 32.1. The van der Waals surface area contributed by atoms with Crippen LogP contribution in [0.5, 0.6) is 0 Å². The van der Waals surface area contributed by atoms with Crippen molar-refractivity contribution in [1.29, 1.82) is 0 Å². The number of hydrogen-bond acceptors (Lipinski definition) is 2. The predicted octanol–water partition coefficient (Wildman–Crippen LogP) is 6.09. The Bertz CT molecular complexity index is 1260. The van der Waals surface area contributed by atoms with Crippen LogP contribution in [0.4, 0.5) is 0 Å². The maximum Gasteiger partial charge on any atom is 0.228 e. The minimum absolute atomic E-state index is 0.0961. The topological polar surface area (TPSA) is 25.2 Å². The third kappa shape index (κ3) is 3.30. The van der Waals surface area contributed by atoms with Crippen molar-refractivity contribution in [1.82, 2.24) is 9.47 Å². The number of nitrogens with zero attached hydrogens (tertiary/aromatic N) is 2. The van der Waals surface area contributed by atoms with E-state index >= 15 is 0 Å². The molecule has 1 amide bonds. The Morgan fingerprint density at radius 2 is 1.62 bits per heavy atom. The second-order valence-corrected chi connectivity index (χ2v) is 9.88. The molecule has 0 saturated carbocycles. The number of carbonyl (C=O) groups is 1. The highest BCUT2D eigenvalue weighted by Gasteiger charge is 2.35. The van der Waals surface area contributed by atoms with Crippen molar-refractivity contribution in [2.24, 2.45) is 0 Å². The summed E-state index contributed by atoms with van der Waals surface area (Å²) in [6.45, 7) is 0.675. The molecule has 32 heavy (non-hydrogen) atoms. The van der Waals surface area contributed by atoms with Gasteiger partial charge in [0.05, 0.1) is 18.2 Å². The van der Waals surface area contributed by atoms with Gasteiger partial charge in [0, 0.05) is 23.2 Å². The Morgan fingerprint density at radius 1 is 0.875 bits per heavy atom. The summed E-state index contributed by atoms with van der Waals surface area (Å²) < 4.78 is 2.35. The lowest BCUT2D eigenvalue weighted by Gasteiger charge is -2.31. The molecular weight excluding hydrogens is 412 g/mol. The van der Waals surface area contributed by atoms with E-state index in [1.54, 1.807) is 0 Å². The van der Waals surface area contributed by atoms with Crippen LogP contribution in [0.2, 0.25) is 0 Å². The number of amides is 1. The first-order valence-electron chi connectivity index (χ1n) is 11.5. The Balaban J connectivity index is 1.51. The molecule has 2 aromatic carbocycles. The SMILES string of the molecule is O=C(Cc1ccccc1)N1Cc2c(sc3c2CCCC3)-n2cccc2[C@H]1c1ccccc1.